The van der Waals surface area contributed by atoms with E-state index in [2.05, 4.69) is 20.7 Å². The fourth-order valence-electron chi connectivity index (χ4n) is 2.31. The first-order valence-electron chi connectivity index (χ1n) is 8.07. The molecule has 132 valence electrons. The van der Waals surface area contributed by atoms with Crippen LogP contribution in [0.3, 0.4) is 0 Å². The molecule has 0 aliphatic rings. The SMILES string of the molecule is CCOc1ccc(-c2cc(C(=O)N/N=C/c3cccc(O)c3)[nH]n2)cc1. The summed E-state index contributed by atoms with van der Waals surface area (Å²) in [6, 6.07) is 15.7. The van der Waals surface area contributed by atoms with Gasteiger partial charge in [-0.2, -0.15) is 10.2 Å². The molecule has 1 amide bonds. The van der Waals surface area contributed by atoms with Crippen molar-refractivity contribution in [1.82, 2.24) is 15.6 Å². The zero-order valence-electron chi connectivity index (χ0n) is 14.1. The number of nitrogens with zero attached hydrogens (tertiary/aromatic N) is 2. The summed E-state index contributed by atoms with van der Waals surface area (Å²) in [6.45, 7) is 2.53. The number of amides is 1. The van der Waals surface area contributed by atoms with E-state index in [1.807, 2.05) is 31.2 Å². The van der Waals surface area contributed by atoms with Gasteiger partial charge in [-0.3, -0.25) is 9.89 Å². The predicted octanol–water partition coefficient (Wildman–Crippen LogP) is 2.94. The molecule has 0 saturated heterocycles. The van der Waals surface area contributed by atoms with Crippen LogP contribution in [0.4, 0.5) is 0 Å². The van der Waals surface area contributed by atoms with Crippen LogP contribution in [-0.2, 0) is 0 Å². The number of H-pyrrole nitrogens is 1. The van der Waals surface area contributed by atoms with Crippen molar-refractivity contribution in [2.24, 2.45) is 5.10 Å². The number of ether oxygens (including phenoxy) is 1. The normalized spacial score (nSPS) is 10.8. The summed E-state index contributed by atoms with van der Waals surface area (Å²) in [5.74, 6) is 0.506. The first-order valence-corrected chi connectivity index (χ1v) is 8.07. The molecule has 7 nitrogen and oxygen atoms in total. The maximum Gasteiger partial charge on any atom is 0.289 e. The molecule has 3 rings (SSSR count). The lowest BCUT2D eigenvalue weighted by molar-refractivity contribution is 0.0950. The van der Waals surface area contributed by atoms with Crippen LogP contribution in [0.2, 0.25) is 0 Å². The molecule has 2 aromatic carbocycles. The van der Waals surface area contributed by atoms with Crippen molar-refractivity contribution in [1.29, 1.82) is 0 Å². The largest absolute Gasteiger partial charge is 0.508 e. The van der Waals surface area contributed by atoms with Gasteiger partial charge in [0.1, 0.15) is 17.2 Å². The fraction of sp³-hybridized carbons (Fsp3) is 0.105. The van der Waals surface area contributed by atoms with Crippen molar-refractivity contribution in [3.05, 3.63) is 65.9 Å². The Balaban J connectivity index is 1.64. The highest BCUT2D eigenvalue weighted by atomic mass is 16.5. The molecule has 0 unspecified atom stereocenters. The number of aromatic hydroxyl groups is 1. The number of hydrogen-bond donors (Lipinski definition) is 3. The van der Waals surface area contributed by atoms with E-state index < -0.39 is 5.91 Å². The van der Waals surface area contributed by atoms with Crippen LogP contribution in [0.15, 0.2) is 59.7 Å². The molecule has 0 aliphatic carbocycles. The number of hydrazone groups is 1. The van der Waals surface area contributed by atoms with E-state index in [1.54, 1.807) is 24.3 Å². The quantitative estimate of drug-likeness (QED) is 0.470. The Morgan fingerprint density at radius 3 is 2.81 bits per heavy atom. The van der Waals surface area contributed by atoms with Crippen molar-refractivity contribution in [2.75, 3.05) is 6.61 Å². The van der Waals surface area contributed by atoms with Crippen LogP contribution in [0.25, 0.3) is 11.3 Å². The number of nitrogens with one attached hydrogen (secondary N) is 2. The molecule has 1 heterocycles. The van der Waals surface area contributed by atoms with E-state index in [9.17, 15) is 9.90 Å². The van der Waals surface area contributed by atoms with E-state index in [0.29, 0.717) is 23.6 Å². The molecular weight excluding hydrogens is 332 g/mol. The van der Waals surface area contributed by atoms with Crippen LogP contribution in [0.5, 0.6) is 11.5 Å². The van der Waals surface area contributed by atoms with Crippen molar-refractivity contribution in [3.63, 3.8) is 0 Å². The van der Waals surface area contributed by atoms with E-state index in [1.165, 1.54) is 12.3 Å². The van der Waals surface area contributed by atoms with Gasteiger partial charge in [-0.15, -0.1) is 0 Å². The molecule has 26 heavy (non-hydrogen) atoms. The molecule has 0 bridgehead atoms. The third-order valence-corrected chi connectivity index (χ3v) is 3.53. The molecule has 0 saturated carbocycles. The molecule has 0 fully saturated rings. The van der Waals surface area contributed by atoms with Gasteiger partial charge in [0.2, 0.25) is 0 Å². The highest BCUT2D eigenvalue weighted by molar-refractivity contribution is 5.94. The van der Waals surface area contributed by atoms with Crippen LogP contribution >= 0.6 is 0 Å². The van der Waals surface area contributed by atoms with Gasteiger partial charge in [-0.05, 0) is 55.0 Å². The van der Waals surface area contributed by atoms with Crippen LogP contribution < -0.4 is 10.2 Å². The minimum Gasteiger partial charge on any atom is -0.508 e. The summed E-state index contributed by atoms with van der Waals surface area (Å²) >= 11 is 0. The molecule has 0 radical (unpaired) electrons. The number of phenols is 1. The Morgan fingerprint density at radius 2 is 2.08 bits per heavy atom. The first-order chi connectivity index (χ1) is 12.7. The van der Waals surface area contributed by atoms with E-state index in [-0.39, 0.29) is 5.75 Å². The van der Waals surface area contributed by atoms with Crippen LogP contribution in [-0.4, -0.2) is 34.0 Å². The number of carbonyl (C=O) groups is 1. The number of phenolic OH excluding ortho intramolecular Hbond substituents is 1. The Bertz CT molecular complexity index is 917. The predicted molar refractivity (Wildman–Crippen MR) is 98.4 cm³/mol. The topological polar surface area (TPSA) is 99.6 Å². The summed E-state index contributed by atoms with van der Waals surface area (Å²) in [7, 11) is 0. The van der Waals surface area contributed by atoms with Crippen molar-refractivity contribution >= 4 is 12.1 Å². The van der Waals surface area contributed by atoms with Crippen molar-refractivity contribution in [3.8, 4) is 22.8 Å². The fourth-order valence-corrected chi connectivity index (χ4v) is 2.31. The Kier molecular flexibility index (Phi) is 5.28. The third-order valence-electron chi connectivity index (χ3n) is 3.53. The molecular formula is C19H18N4O3. The summed E-state index contributed by atoms with van der Waals surface area (Å²) in [4.78, 5) is 12.1. The highest BCUT2D eigenvalue weighted by Gasteiger charge is 2.10. The lowest BCUT2D eigenvalue weighted by Crippen LogP contribution is -2.17. The molecule has 0 spiro atoms. The third kappa shape index (κ3) is 4.27. The molecule has 3 N–H and O–H groups in total. The van der Waals surface area contributed by atoms with Crippen LogP contribution in [0.1, 0.15) is 23.0 Å². The van der Waals surface area contributed by atoms with Gasteiger partial charge in [0.15, 0.2) is 0 Å². The maximum absolute atomic E-state index is 12.1. The average molecular weight is 350 g/mol. The number of carbonyl (C=O) groups excluding carboxylic acids is 1. The van der Waals surface area contributed by atoms with Crippen LogP contribution in [0, 0.1) is 0 Å². The molecule has 0 aliphatic heterocycles. The number of aromatic amines is 1. The van der Waals surface area contributed by atoms with E-state index >= 15 is 0 Å². The summed E-state index contributed by atoms with van der Waals surface area (Å²) < 4.78 is 5.40. The highest BCUT2D eigenvalue weighted by Crippen LogP contribution is 2.21. The number of aromatic nitrogens is 2. The summed E-state index contributed by atoms with van der Waals surface area (Å²) in [5.41, 5.74) is 4.90. The van der Waals surface area contributed by atoms with Gasteiger partial charge in [-0.25, -0.2) is 5.43 Å². The van der Waals surface area contributed by atoms with E-state index in [4.69, 9.17) is 4.74 Å². The molecule has 3 aromatic rings. The average Bonchev–Trinajstić information content (AvgIpc) is 3.13. The smallest absolute Gasteiger partial charge is 0.289 e. The standard InChI is InChI=1S/C19H18N4O3/c1-2-26-16-8-6-14(7-9-16)17-11-18(22-21-17)19(25)23-20-12-13-4-3-5-15(24)10-13/h3-12,24H,2H2,1H3,(H,21,22)(H,23,25)/b20-12+. The number of hydrogen-bond acceptors (Lipinski definition) is 5. The van der Waals surface area contributed by atoms with Gasteiger partial charge in [0.25, 0.3) is 5.91 Å². The van der Waals surface area contributed by atoms with Gasteiger partial charge in [0, 0.05) is 5.56 Å². The van der Waals surface area contributed by atoms with Crippen molar-refractivity contribution in [2.45, 2.75) is 6.92 Å². The summed E-state index contributed by atoms with van der Waals surface area (Å²) in [6.07, 6.45) is 1.45. The molecule has 1 aromatic heterocycles. The Morgan fingerprint density at radius 1 is 1.27 bits per heavy atom. The lowest BCUT2D eigenvalue weighted by atomic mass is 10.1. The maximum atomic E-state index is 12.1. The molecule has 7 heteroatoms. The lowest BCUT2D eigenvalue weighted by Gasteiger charge is -2.02. The number of benzene rings is 2. The number of rotatable bonds is 6. The summed E-state index contributed by atoms with van der Waals surface area (Å²) in [5, 5.41) is 20.1. The Hall–Kier alpha value is -3.61. The van der Waals surface area contributed by atoms with Gasteiger partial charge >= 0.3 is 0 Å². The molecule has 0 atom stereocenters. The monoisotopic (exact) mass is 350 g/mol. The van der Waals surface area contributed by atoms with Gasteiger partial charge < -0.3 is 9.84 Å². The second-order valence-electron chi connectivity index (χ2n) is 5.42. The zero-order chi connectivity index (χ0) is 18.4. The van der Waals surface area contributed by atoms with Gasteiger partial charge in [0.05, 0.1) is 18.5 Å². The minimum atomic E-state index is -0.411. The zero-order valence-corrected chi connectivity index (χ0v) is 14.1. The second-order valence-corrected chi connectivity index (χ2v) is 5.42. The Labute approximate surface area is 150 Å². The second kappa shape index (κ2) is 7.98. The minimum absolute atomic E-state index is 0.133. The van der Waals surface area contributed by atoms with E-state index in [0.717, 1.165) is 11.3 Å². The van der Waals surface area contributed by atoms with Gasteiger partial charge in [-0.1, -0.05) is 12.1 Å². The van der Waals surface area contributed by atoms with Crippen molar-refractivity contribution < 1.29 is 14.6 Å². The first kappa shape index (κ1) is 17.2.